The molecule has 0 atom stereocenters. The van der Waals surface area contributed by atoms with E-state index in [1.54, 1.807) is 12.1 Å². The van der Waals surface area contributed by atoms with Crippen LogP contribution >= 0.6 is 0 Å². The third-order valence-electron chi connectivity index (χ3n) is 4.18. The Labute approximate surface area is 120 Å². The lowest BCUT2D eigenvalue weighted by Gasteiger charge is -2.42. The number of benzene rings is 1. The number of rotatable bonds is 4. The molecule has 0 bridgehead atoms. The van der Waals surface area contributed by atoms with E-state index < -0.39 is 0 Å². The maximum Gasteiger partial charge on any atom is 0.269 e. The van der Waals surface area contributed by atoms with Crippen molar-refractivity contribution in [1.29, 1.82) is 0 Å². The molecule has 2 aromatic rings. The molecular formula is C15H16FN3O2. The summed E-state index contributed by atoms with van der Waals surface area (Å²) in [4.78, 5) is 23.0. The van der Waals surface area contributed by atoms with E-state index in [0.717, 1.165) is 19.3 Å². The van der Waals surface area contributed by atoms with Crippen molar-refractivity contribution in [3.05, 3.63) is 57.8 Å². The highest BCUT2D eigenvalue weighted by Gasteiger charge is 2.40. The molecule has 1 heterocycles. The second kappa shape index (κ2) is 5.20. The van der Waals surface area contributed by atoms with Crippen molar-refractivity contribution in [2.45, 2.75) is 24.7 Å². The summed E-state index contributed by atoms with van der Waals surface area (Å²) in [6.45, 7) is 0.361. The molecule has 3 N–H and O–H groups in total. The summed E-state index contributed by atoms with van der Waals surface area (Å²) in [7, 11) is 0. The number of H-pyrrole nitrogens is 2. The number of nitrogens with one attached hydrogen (secondary N) is 3. The zero-order valence-electron chi connectivity index (χ0n) is 11.4. The Kier molecular flexibility index (Phi) is 3.37. The Bertz CT molecular complexity index is 715. The normalized spacial score (nSPS) is 16.2. The Morgan fingerprint density at radius 3 is 2.62 bits per heavy atom. The van der Waals surface area contributed by atoms with Crippen LogP contribution in [0.2, 0.25) is 0 Å². The van der Waals surface area contributed by atoms with Gasteiger partial charge >= 0.3 is 0 Å². The van der Waals surface area contributed by atoms with E-state index in [0.29, 0.717) is 12.1 Å². The van der Waals surface area contributed by atoms with Gasteiger partial charge in [0.05, 0.1) is 0 Å². The zero-order valence-corrected chi connectivity index (χ0v) is 11.4. The summed E-state index contributed by atoms with van der Waals surface area (Å²) in [5, 5.41) is 7.60. The first-order valence-corrected chi connectivity index (χ1v) is 6.92. The van der Waals surface area contributed by atoms with Crippen LogP contribution in [0.5, 0.6) is 0 Å². The molecule has 0 saturated heterocycles. The summed E-state index contributed by atoms with van der Waals surface area (Å²) in [5.74, 6) is -0.600. The van der Waals surface area contributed by atoms with Gasteiger partial charge in [0, 0.05) is 18.0 Å². The molecule has 0 aliphatic heterocycles. The number of amides is 1. The summed E-state index contributed by atoms with van der Waals surface area (Å²) in [5.41, 5.74) is 0.146. The lowest BCUT2D eigenvalue weighted by atomic mass is 9.64. The summed E-state index contributed by atoms with van der Waals surface area (Å²) in [6.07, 6.45) is 2.71. The molecule has 1 saturated carbocycles. The summed E-state index contributed by atoms with van der Waals surface area (Å²) in [6, 6.07) is 7.89. The maximum atomic E-state index is 14.0. The number of aromatic nitrogens is 2. The van der Waals surface area contributed by atoms with Crippen LogP contribution in [0.1, 0.15) is 35.3 Å². The second-order valence-corrected chi connectivity index (χ2v) is 5.47. The van der Waals surface area contributed by atoms with Gasteiger partial charge in [-0.3, -0.25) is 19.8 Å². The molecular weight excluding hydrogens is 273 g/mol. The Hall–Kier alpha value is -2.37. The van der Waals surface area contributed by atoms with Gasteiger partial charge in [-0.05, 0) is 24.5 Å². The standard InChI is InChI=1S/C15H16FN3O2/c16-11-5-2-1-4-10(11)15(6-3-7-15)9-17-14(21)12-8-13(20)19-18-12/h1-2,4-5,8H,3,6-7,9H2,(H,17,21)(H2,18,19,20). The number of hydrogen-bond acceptors (Lipinski definition) is 2. The third kappa shape index (κ3) is 2.49. The molecule has 1 fully saturated rings. The molecule has 1 aromatic heterocycles. The van der Waals surface area contributed by atoms with Crippen LogP contribution < -0.4 is 10.9 Å². The lowest BCUT2D eigenvalue weighted by molar-refractivity contribution is 0.0921. The van der Waals surface area contributed by atoms with Crippen molar-refractivity contribution in [2.24, 2.45) is 0 Å². The predicted molar refractivity (Wildman–Crippen MR) is 75.7 cm³/mol. The summed E-state index contributed by atoms with van der Waals surface area (Å²) >= 11 is 0. The van der Waals surface area contributed by atoms with Gasteiger partial charge in [0.25, 0.3) is 11.5 Å². The van der Waals surface area contributed by atoms with Crippen LogP contribution in [0.15, 0.2) is 35.1 Å². The van der Waals surface area contributed by atoms with Gasteiger partial charge in [0.2, 0.25) is 0 Å². The monoisotopic (exact) mass is 289 g/mol. The molecule has 21 heavy (non-hydrogen) atoms. The van der Waals surface area contributed by atoms with Gasteiger partial charge in [-0.1, -0.05) is 24.6 Å². The first-order valence-electron chi connectivity index (χ1n) is 6.92. The minimum absolute atomic E-state index is 0.183. The van der Waals surface area contributed by atoms with Crippen LogP contribution in [0.4, 0.5) is 4.39 Å². The Balaban J connectivity index is 1.75. The SMILES string of the molecule is O=C(NCC1(c2ccccc2F)CCC1)c1cc(=O)[nH][nH]1. The number of halogens is 1. The largest absolute Gasteiger partial charge is 0.350 e. The highest BCUT2D eigenvalue weighted by atomic mass is 19.1. The van der Waals surface area contributed by atoms with Crippen LogP contribution in [-0.4, -0.2) is 22.6 Å². The molecule has 5 nitrogen and oxygen atoms in total. The number of carbonyl (C=O) groups is 1. The predicted octanol–water partition coefficient (Wildman–Crippen LogP) is 1.69. The fraction of sp³-hybridized carbons (Fsp3) is 0.333. The molecule has 1 aliphatic carbocycles. The third-order valence-corrected chi connectivity index (χ3v) is 4.18. The number of aromatic amines is 2. The quantitative estimate of drug-likeness (QED) is 0.801. The first-order chi connectivity index (χ1) is 10.1. The molecule has 0 unspecified atom stereocenters. The van der Waals surface area contributed by atoms with Gasteiger partial charge in [0.15, 0.2) is 0 Å². The minimum atomic E-state index is -0.365. The number of hydrogen-bond donors (Lipinski definition) is 3. The fourth-order valence-electron chi connectivity index (χ4n) is 2.84. The maximum absolute atomic E-state index is 14.0. The first kappa shape index (κ1) is 13.6. The van der Waals surface area contributed by atoms with E-state index in [9.17, 15) is 14.0 Å². The second-order valence-electron chi connectivity index (χ2n) is 5.47. The van der Waals surface area contributed by atoms with Crippen LogP contribution in [0, 0.1) is 5.82 Å². The van der Waals surface area contributed by atoms with Crippen molar-refractivity contribution >= 4 is 5.91 Å². The molecule has 1 aliphatic rings. The average molecular weight is 289 g/mol. The van der Waals surface area contributed by atoms with Crippen molar-refractivity contribution in [3.63, 3.8) is 0 Å². The molecule has 110 valence electrons. The van der Waals surface area contributed by atoms with Gasteiger partial charge in [-0.15, -0.1) is 0 Å². The van der Waals surface area contributed by atoms with Gasteiger partial charge in [0.1, 0.15) is 11.5 Å². The van der Waals surface area contributed by atoms with Gasteiger partial charge < -0.3 is 5.32 Å². The molecule has 6 heteroatoms. The molecule has 1 aromatic carbocycles. The highest BCUT2D eigenvalue weighted by molar-refractivity contribution is 5.92. The zero-order chi connectivity index (χ0) is 14.9. The molecule has 3 rings (SSSR count). The van der Waals surface area contributed by atoms with E-state index in [4.69, 9.17) is 0 Å². The topological polar surface area (TPSA) is 77.8 Å². The Morgan fingerprint density at radius 1 is 1.29 bits per heavy atom. The van der Waals surface area contributed by atoms with Gasteiger partial charge in [-0.2, -0.15) is 0 Å². The fourth-order valence-corrected chi connectivity index (χ4v) is 2.84. The van der Waals surface area contributed by atoms with E-state index >= 15 is 0 Å². The van der Waals surface area contributed by atoms with Gasteiger partial charge in [-0.25, -0.2) is 4.39 Å². The summed E-state index contributed by atoms with van der Waals surface area (Å²) < 4.78 is 14.0. The van der Waals surface area contributed by atoms with Crippen molar-refractivity contribution in [1.82, 2.24) is 15.5 Å². The highest BCUT2D eigenvalue weighted by Crippen LogP contribution is 2.44. The molecule has 0 radical (unpaired) electrons. The minimum Gasteiger partial charge on any atom is -0.350 e. The van der Waals surface area contributed by atoms with Crippen LogP contribution in [0.25, 0.3) is 0 Å². The van der Waals surface area contributed by atoms with E-state index in [1.807, 2.05) is 6.07 Å². The molecule has 1 amide bonds. The van der Waals surface area contributed by atoms with E-state index in [-0.39, 0.29) is 28.4 Å². The van der Waals surface area contributed by atoms with Crippen LogP contribution in [-0.2, 0) is 5.41 Å². The molecule has 0 spiro atoms. The van der Waals surface area contributed by atoms with E-state index in [1.165, 1.54) is 12.1 Å². The van der Waals surface area contributed by atoms with Crippen LogP contribution in [0.3, 0.4) is 0 Å². The van der Waals surface area contributed by atoms with Crippen molar-refractivity contribution in [2.75, 3.05) is 6.54 Å². The van der Waals surface area contributed by atoms with Crippen molar-refractivity contribution in [3.8, 4) is 0 Å². The smallest absolute Gasteiger partial charge is 0.269 e. The van der Waals surface area contributed by atoms with Crippen molar-refractivity contribution < 1.29 is 9.18 Å². The Morgan fingerprint density at radius 2 is 2.05 bits per heavy atom. The lowest BCUT2D eigenvalue weighted by Crippen LogP contribution is -2.46. The average Bonchev–Trinajstić information content (AvgIpc) is 2.86. The van der Waals surface area contributed by atoms with E-state index in [2.05, 4.69) is 15.5 Å². The number of carbonyl (C=O) groups excluding carboxylic acids is 1.